The van der Waals surface area contributed by atoms with Crippen LogP contribution in [-0.2, 0) is 0 Å². The normalized spacial score (nSPS) is 10.1. The number of pyridine rings is 1. The van der Waals surface area contributed by atoms with Crippen molar-refractivity contribution in [3.05, 3.63) is 53.3 Å². The maximum atomic E-state index is 10.7. The molecule has 2 nitrogen and oxygen atoms in total. The van der Waals surface area contributed by atoms with Gasteiger partial charge in [0.25, 0.3) is 0 Å². The monoisotopic (exact) mass is 211 g/mol. The fourth-order valence-corrected chi connectivity index (χ4v) is 1.79. The van der Waals surface area contributed by atoms with Crippen molar-refractivity contribution in [3.8, 4) is 11.1 Å². The summed E-state index contributed by atoms with van der Waals surface area (Å²) in [7, 11) is 0. The molecule has 0 N–H and O–H groups in total. The fourth-order valence-electron chi connectivity index (χ4n) is 1.79. The highest BCUT2D eigenvalue weighted by Gasteiger charge is 2.01. The average molecular weight is 211 g/mol. The Morgan fingerprint density at radius 1 is 1.00 bits per heavy atom. The highest BCUT2D eigenvalue weighted by Crippen LogP contribution is 2.21. The smallest absolute Gasteiger partial charge is 0.150 e. The zero-order chi connectivity index (χ0) is 11.5. The molecule has 0 aliphatic heterocycles. The van der Waals surface area contributed by atoms with Crippen LogP contribution in [0.5, 0.6) is 0 Å². The zero-order valence-electron chi connectivity index (χ0n) is 9.40. The summed E-state index contributed by atoms with van der Waals surface area (Å²) < 4.78 is 0. The first-order valence-electron chi connectivity index (χ1n) is 5.20. The van der Waals surface area contributed by atoms with Crippen LogP contribution in [0.2, 0.25) is 0 Å². The molecule has 80 valence electrons. The summed E-state index contributed by atoms with van der Waals surface area (Å²) in [4.78, 5) is 15.0. The van der Waals surface area contributed by atoms with Crippen molar-refractivity contribution in [3.63, 3.8) is 0 Å². The van der Waals surface area contributed by atoms with Crippen LogP contribution in [0.4, 0.5) is 0 Å². The van der Waals surface area contributed by atoms with Gasteiger partial charge in [0.15, 0.2) is 0 Å². The predicted molar refractivity (Wildman–Crippen MR) is 64.5 cm³/mol. The summed E-state index contributed by atoms with van der Waals surface area (Å²) in [6.07, 6.45) is 0.865. The first kappa shape index (κ1) is 10.6. The molecule has 0 amide bonds. The van der Waals surface area contributed by atoms with Crippen molar-refractivity contribution >= 4 is 6.29 Å². The minimum atomic E-state index is 0.699. The summed E-state index contributed by atoms with van der Waals surface area (Å²) in [6.45, 7) is 3.94. The second kappa shape index (κ2) is 4.27. The van der Waals surface area contributed by atoms with Gasteiger partial charge in [0.2, 0.25) is 0 Å². The molecule has 2 rings (SSSR count). The van der Waals surface area contributed by atoms with E-state index in [2.05, 4.69) is 4.98 Å². The molecule has 0 spiro atoms. The minimum absolute atomic E-state index is 0.699. The van der Waals surface area contributed by atoms with Gasteiger partial charge in [-0.2, -0.15) is 0 Å². The average Bonchev–Trinajstić information content (AvgIpc) is 2.28. The van der Waals surface area contributed by atoms with E-state index in [-0.39, 0.29) is 0 Å². The van der Waals surface area contributed by atoms with Gasteiger partial charge in [0.1, 0.15) is 6.29 Å². The predicted octanol–water partition coefficient (Wildman–Crippen LogP) is 3.18. The van der Waals surface area contributed by atoms with Crippen LogP contribution < -0.4 is 0 Å². The van der Waals surface area contributed by atoms with Gasteiger partial charge < -0.3 is 0 Å². The van der Waals surface area contributed by atoms with Gasteiger partial charge >= 0.3 is 0 Å². The van der Waals surface area contributed by atoms with Gasteiger partial charge in [-0.1, -0.05) is 18.2 Å². The SMILES string of the molecule is Cc1cc(-c2cccc(C=O)c2)cc(C)n1. The molecule has 0 aliphatic rings. The molecule has 0 bridgehead atoms. The summed E-state index contributed by atoms with van der Waals surface area (Å²) >= 11 is 0. The van der Waals surface area contributed by atoms with E-state index in [0.717, 1.165) is 28.8 Å². The number of nitrogens with zero attached hydrogens (tertiary/aromatic N) is 1. The van der Waals surface area contributed by atoms with Crippen LogP contribution in [-0.4, -0.2) is 11.3 Å². The third-order valence-corrected chi connectivity index (χ3v) is 2.44. The molecule has 0 saturated carbocycles. The van der Waals surface area contributed by atoms with E-state index in [1.54, 1.807) is 6.07 Å². The Balaban J connectivity index is 2.53. The maximum absolute atomic E-state index is 10.7. The lowest BCUT2D eigenvalue weighted by Crippen LogP contribution is -1.89. The highest BCUT2D eigenvalue weighted by molar-refractivity contribution is 5.78. The molecule has 1 aromatic carbocycles. The number of aldehydes is 1. The molecule has 0 unspecified atom stereocenters. The second-order valence-electron chi connectivity index (χ2n) is 3.88. The summed E-state index contributed by atoms with van der Waals surface area (Å²) in [6, 6.07) is 11.6. The Kier molecular flexibility index (Phi) is 2.82. The van der Waals surface area contributed by atoms with Crippen molar-refractivity contribution in [1.29, 1.82) is 0 Å². The molecule has 1 heterocycles. The summed E-state index contributed by atoms with van der Waals surface area (Å²) in [5.41, 5.74) is 4.84. The number of benzene rings is 1. The lowest BCUT2D eigenvalue weighted by Gasteiger charge is -2.05. The third-order valence-electron chi connectivity index (χ3n) is 2.44. The second-order valence-corrected chi connectivity index (χ2v) is 3.88. The van der Waals surface area contributed by atoms with Gasteiger partial charge in [-0.25, -0.2) is 0 Å². The molecular weight excluding hydrogens is 198 g/mol. The number of aromatic nitrogens is 1. The summed E-state index contributed by atoms with van der Waals surface area (Å²) in [5, 5.41) is 0. The maximum Gasteiger partial charge on any atom is 0.150 e. The first-order valence-corrected chi connectivity index (χ1v) is 5.20. The van der Waals surface area contributed by atoms with Crippen molar-refractivity contribution in [2.45, 2.75) is 13.8 Å². The Morgan fingerprint density at radius 3 is 2.31 bits per heavy atom. The van der Waals surface area contributed by atoms with E-state index in [1.165, 1.54) is 0 Å². The largest absolute Gasteiger partial charge is 0.298 e. The molecule has 0 radical (unpaired) electrons. The zero-order valence-corrected chi connectivity index (χ0v) is 9.40. The van der Waals surface area contributed by atoms with E-state index in [9.17, 15) is 4.79 Å². The molecular formula is C14H13NO. The van der Waals surface area contributed by atoms with Gasteiger partial charge in [0, 0.05) is 17.0 Å². The first-order chi connectivity index (χ1) is 7.69. The molecule has 0 atom stereocenters. The van der Waals surface area contributed by atoms with E-state index >= 15 is 0 Å². The number of rotatable bonds is 2. The molecule has 16 heavy (non-hydrogen) atoms. The molecule has 0 saturated heterocycles. The molecule has 0 fully saturated rings. The highest BCUT2D eigenvalue weighted by atomic mass is 16.1. The van der Waals surface area contributed by atoms with Crippen LogP contribution >= 0.6 is 0 Å². The van der Waals surface area contributed by atoms with Gasteiger partial charge in [-0.3, -0.25) is 9.78 Å². The van der Waals surface area contributed by atoms with Crippen molar-refractivity contribution in [1.82, 2.24) is 4.98 Å². The van der Waals surface area contributed by atoms with Crippen LogP contribution in [0.3, 0.4) is 0 Å². The lowest BCUT2D eigenvalue weighted by atomic mass is 10.0. The van der Waals surface area contributed by atoms with E-state index < -0.39 is 0 Å². The van der Waals surface area contributed by atoms with Crippen molar-refractivity contribution in [2.24, 2.45) is 0 Å². The molecule has 2 heteroatoms. The summed E-state index contributed by atoms with van der Waals surface area (Å²) in [5.74, 6) is 0. The third kappa shape index (κ3) is 2.16. The minimum Gasteiger partial charge on any atom is -0.298 e. The van der Waals surface area contributed by atoms with Crippen LogP contribution in [0.15, 0.2) is 36.4 Å². The fraction of sp³-hybridized carbons (Fsp3) is 0.143. The number of aryl methyl sites for hydroxylation is 2. The number of hydrogen-bond donors (Lipinski definition) is 0. The standard InChI is InChI=1S/C14H13NO/c1-10-6-14(7-11(2)15-10)13-5-3-4-12(8-13)9-16/h3-9H,1-2H3. The molecule has 1 aromatic heterocycles. The van der Waals surface area contributed by atoms with Crippen molar-refractivity contribution < 1.29 is 4.79 Å². The number of hydrogen-bond acceptors (Lipinski definition) is 2. The van der Waals surface area contributed by atoms with Crippen LogP contribution in [0, 0.1) is 13.8 Å². The van der Waals surface area contributed by atoms with E-state index in [4.69, 9.17) is 0 Å². The van der Waals surface area contributed by atoms with E-state index in [0.29, 0.717) is 5.56 Å². The van der Waals surface area contributed by atoms with Gasteiger partial charge in [-0.15, -0.1) is 0 Å². The quantitative estimate of drug-likeness (QED) is 0.714. The van der Waals surface area contributed by atoms with Crippen LogP contribution in [0.25, 0.3) is 11.1 Å². The number of carbonyl (C=O) groups excluding carboxylic acids is 1. The van der Waals surface area contributed by atoms with Gasteiger partial charge in [-0.05, 0) is 43.2 Å². The van der Waals surface area contributed by atoms with Crippen LogP contribution in [0.1, 0.15) is 21.7 Å². The Morgan fingerprint density at radius 2 is 1.69 bits per heavy atom. The van der Waals surface area contributed by atoms with E-state index in [1.807, 2.05) is 44.2 Å². The Bertz CT molecular complexity index is 512. The molecule has 2 aromatic rings. The van der Waals surface area contributed by atoms with Gasteiger partial charge in [0.05, 0.1) is 0 Å². The lowest BCUT2D eigenvalue weighted by molar-refractivity contribution is 0.112. The number of carbonyl (C=O) groups is 1. The Labute approximate surface area is 95.0 Å². The van der Waals surface area contributed by atoms with Crippen molar-refractivity contribution in [2.75, 3.05) is 0 Å². The molecule has 0 aliphatic carbocycles. The topological polar surface area (TPSA) is 30.0 Å². The Hall–Kier alpha value is -1.96.